The minimum absolute atomic E-state index is 0.0731. The maximum absolute atomic E-state index is 12.9. The number of ether oxygens (including phenoxy) is 3. The highest BCUT2D eigenvalue weighted by molar-refractivity contribution is 6.07. The fourth-order valence-electron chi connectivity index (χ4n) is 3.32. The van der Waals surface area contributed by atoms with E-state index in [0.717, 1.165) is 29.0 Å². The van der Waals surface area contributed by atoms with Crippen LogP contribution in [0.1, 0.15) is 97.1 Å². The highest BCUT2D eigenvalue weighted by Crippen LogP contribution is 2.40. The summed E-state index contributed by atoms with van der Waals surface area (Å²) in [6, 6.07) is 11.3. The molecule has 0 atom stereocenters. The molecule has 0 aliphatic carbocycles. The first kappa shape index (κ1) is 27.5. The van der Waals surface area contributed by atoms with Gasteiger partial charge in [0.1, 0.15) is 28.5 Å². The van der Waals surface area contributed by atoms with Gasteiger partial charge in [-0.25, -0.2) is 0 Å². The number of carbonyl (C=O) groups is 1. The second-order valence-corrected chi connectivity index (χ2v) is 11.6. The molecule has 0 amide bonds. The lowest BCUT2D eigenvalue weighted by molar-refractivity contribution is 0.104. The van der Waals surface area contributed by atoms with E-state index in [1.54, 1.807) is 18.2 Å². The van der Waals surface area contributed by atoms with Crippen molar-refractivity contribution in [3.8, 4) is 17.2 Å². The molecule has 2 aromatic rings. The molecule has 0 aromatic heterocycles. The maximum atomic E-state index is 12.9. The van der Waals surface area contributed by atoms with Crippen LogP contribution in [-0.2, 0) is 5.41 Å². The third-order valence-corrected chi connectivity index (χ3v) is 4.78. The number of rotatable bonds is 8. The van der Waals surface area contributed by atoms with Crippen molar-refractivity contribution in [1.29, 1.82) is 0 Å². The van der Waals surface area contributed by atoms with E-state index in [2.05, 4.69) is 33.8 Å². The molecule has 0 spiro atoms. The normalized spacial score (nSPS) is 12.6. The molecule has 0 bridgehead atoms. The van der Waals surface area contributed by atoms with Crippen LogP contribution in [0.3, 0.4) is 0 Å². The van der Waals surface area contributed by atoms with Gasteiger partial charge in [-0.1, -0.05) is 27.7 Å². The number of allylic oxidation sites excluding steroid dienone is 1. The van der Waals surface area contributed by atoms with Crippen molar-refractivity contribution in [3.05, 3.63) is 59.2 Å². The molecule has 0 aliphatic rings. The Bertz CT molecular complexity index is 994. The van der Waals surface area contributed by atoms with Gasteiger partial charge < -0.3 is 14.2 Å². The third-order valence-electron chi connectivity index (χ3n) is 4.78. The van der Waals surface area contributed by atoms with Gasteiger partial charge in [0.2, 0.25) is 0 Å². The molecule has 0 unspecified atom stereocenters. The van der Waals surface area contributed by atoms with E-state index in [1.165, 1.54) is 0 Å². The number of hydrogen-bond acceptors (Lipinski definition) is 4. The van der Waals surface area contributed by atoms with Crippen molar-refractivity contribution in [2.75, 3.05) is 6.61 Å². The van der Waals surface area contributed by atoms with Gasteiger partial charge >= 0.3 is 0 Å². The fourth-order valence-corrected chi connectivity index (χ4v) is 3.32. The topological polar surface area (TPSA) is 44.8 Å². The smallest absolute Gasteiger partial charge is 0.185 e. The molecule has 34 heavy (non-hydrogen) atoms. The number of ketones is 1. The van der Waals surface area contributed by atoms with Crippen molar-refractivity contribution >= 4 is 11.9 Å². The van der Waals surface area contributed by atoms with Gasteiger partial charge in [0.15, 0.2) is 5.78 Å². The predicted molar refractivity (Wildman–Crippen MR) is 141 cm³/mol. The molecule has 2 aromatic carbocycles. The van der Waals surface area contributed by atoms with Crippen LogP contribution in [0, 0.1) is 0 Å². The Kier molecular flexibility index (Phi) is 8.63. The Morgan fingerprint density at radius 3 is 1.88 bits per heavy atom. The summed E-state index contributed by atoms with van der Waals surface area (Å²) in [5.74, 6) is 2.18. The van der Waals surface area contributed by atoms with E-state index >= 15 is 0 Å². The highest BCUT2D eigenvalue weighted by atomic mass is 16.5. The molecule has 2 rings (SSSR count). The van der Waals surface area contributed by atoms with Crippen LogP contribution in [0.4, 0.5) is 0 Å². The van der Waals surface area contributed by atoms with E-state index in [-0.39, 0.29) is 16.8 Å². The van der Waals surface area contributed by atoms with Gasteiger partial charge in [-0.2, -0.15) is 0 Å². The van der Waals surface area contributed by atoms with Crippen molar-refractivity contribution in [1.82, 2.24) is 0 Å². The quantitative estimate of drug-likeness (QED) is 0.292. The molecule has 0 heterocycles. The first-order chi connectivity index (χ1) is 15.6. The molecule has 0 aliphatic heterocycles. The zero-order valence-electron chi connectivity index (χ0n) is 22.7. The van der Waals surface area contributed by atoms with E-state index in [9.17, 15) is 4.79 Å². The highest BCUT2D eigenvalue weighted by Gasteiger charge is 2.26. The van der Waals surface area contributed by atoms with E-state index < -0.39 is 5.60 Å². The second-order valence-electron chi connectivity index (χ2n) is 11.6. The van der Waals surface area contributed by atoms with Gasteiger partial charge in [0, 0.05) is 22.8 Å². The minimum Gasteiger partial charge on any atom is -0.494 e. The number of carbonyl (C=O) groups excluding carboxylic acids is 1. The monoisotopic (exact) mass is 466 g/mol. The van der Waals surface area contributed by atoms with Gasteiger partial charge in [0.25, 0.3) is 0 Å². The van der Waals surface area contributed by atoms with Gasteiger partial charge in [-0.15, -0.1) is 0 Å². The summed E-state index contributed by atoms with van der Waals surface area (Å²) in [5, 5.41) is 0. The summed E-state index contributed by atoms with van der Waals surface area (Å²) in [7, 11) is 0. The van der Waals surface area contributed by atoms with Crippen LogP contribution in [0.15, 0.2) is 42.5 Å². The number of benzene rings is 2. The van der Waals surface area contributed by atoms with E-state index in [0.29, 0.717) is 17.9 Å². The predicted octanol–water partition coefficient (Wildman–Crippen LogP) is 8.02. The molecule has 0 saturated heterocycles. The van der Waals surface area contributed by atoms with Crippen LogP contribution >= 0.6 is 0 Å². The Morgan fingerprint density at radius 1 is 0.824 bits per heavy atom. The van der Waals surface area contributed by atoms with Gasteiger partial charge in [0.05, 0.1) is 6.61 Å². The first-order valence-corrected chi connectivity index (χ1v) is 12.1. The average Bonchev–Trinajstić information content (AvgIpc) is 2.68. The van der Waals surface area contributed by atoms with Gasteiger partial charge in [-0.3, -0.25) is 4.79 Å². The van der Waals surface area contributed by atoms with E-state index in [4.69, 9.17) is 14.2 Å². The van der Waals surface area contributed by atoms with Crippen molar-refractivity contribution in [3.63, 3.8) is 0 Å². The zero-order valence-corrected chi connectivity index (χ0v) is 22.7. The van der Waals surface area contributed by atoms with E-state index in [1.807, 2.05) is 65.8 Å². The van der Waals surface area contributed by atoms with Crippen LogP contribution in [0.2, 0.25) is 0 Å². The van der Waals surface area contributed by atoms with Crippen LogP contribution < -0.4 is 14.2 Å². The van der Waals surface area contributed by atoms with Gasteiger partial charge in [-0.05, 0) is 95.9 Å². The zero-order chi connectivity index (χ0) is 25.7. The summed E-state index contributed by atoms with van der Waals surface area (Å²) in [4.78, 5) is 12.9. The Hall–Kier alpha value is -2.75. The van der Waals surface area contributed by atoms with Crippen molar-refractivity contribution in [2.45, 2.75) is 92.3 Å². The average molecular weight is 467 g/mol. The lowest BCUT2D eigenvalue weighted by atomic mass is 9.85. The molecule has 4 heteroatoms. The summed E-state index contributed by atoms with van der Waals surface area (Å²) in [5.41, 5.74) is 1.62. The fraction of sp³-hybridized carbons (Fsp3) is 0.500. The second kappa shape index (κ2) is 10.7. The molecular formula is C30H42O4. The molecule has 0 N–H and O–H groups in total. The molecular weight excluding hydrogens is 424 g/mol. The Morgan fingerprint density at radius 2 is 1.38 bits per heavy atom. The number of hydrogen-bond donors (Lipinski definition) is 0. The van der Waals surface area contributed by atoms with Crippen molar-refractivity contribution < 1.29 is 19.0 Å². The summed E-state index contributed by atoms with van der Waals surface area (Å²) in [6.45, 7) is 21.3. The summed E-state index contributed by atoms with van der Waals surface area (Å²) < 4.78 is 18.2. The standard InChI is InChI=1S/C30H42O4/c1-11-18-32-23-15-12-21(13-16-23)25(31)17-14-22-19-24(28(2,3)4)27(34-30(8,9)10)20-26(22)33-29(5,6)7/h12-17,19-20H,11,18H2,1-10H3. The lowest BCUT2D eigenvalue weighted by Gasteiger charge is -2.30. The Labute approximate surface area is 206 Å². The van der Waals surface area contributed by atoms with Crippen LogP contribution in [0.25, 0.3) is 6.08 Å². The molecule has 0 fully saturated rings. The molecule has 0 saturated carbocycles. The lowest BCUT2D eigenvalue weighted by Crippen LogP contribution is -2.27. The van der Waals surface area contributed by atoms with Crippen LogP contribution in [-0.4, -0.2) is 23.6 Å². The first-order valence-electron chi connectivity index (χ1n) is 12.1. The van der Waals surface area contributed by atoms with Crippen LogP contribution in [0.5, 0.6) is 17.2 Å². The van der Waals surface area contributed by atoms with Crippen molar-refractivity contribution in [2.24, 2.45) is 0 Å². The Balaban J connectivity index is 2.46. The molecule has 186 valence electrons. The molecule has 4 nitrogen and oxygen atoms in total. The SMILES string of the molecule is CCCOc1ccc(C(=O)C=Cc2cc(C(C)(C)C)c(OC(C)(C)C)cc2OC(C)(C)C)cc1. The third kappa shape index (κ3) is 8.55. The maximum Gasteiger partial charge on any atom is 0.185 e. The summed E-state index contributed by atoms with van der Waals surface area (Å²) in [6.07, 6.45) is 4.38. The largest absolute Gasteiger partial charge is 0.494 e. The molecule has 0 radical (unpaired) electrons. The summed E-state index contributed by atoms with van der Waals surface area (Å²) >= 11 is 0. The minimum atomic E-state index is -0.400.